The molecule has 1 aromatic heterocycles. The molecule has 2 amide bonds. The number of benzene rings is 2. The van der Waals surface area contributed by atoms with E-state index in [-0.39, 0.29) is 29.3 Å². The van der Waals surface area contributed by atoms with E-state index in [1.165, 1.54) is 5.56 Å². The second kappa shape index (κ2) is 9.17. The van der Waals surface area contributed by atoms with Crippen LogP contribution in [0.5, 0.6) is 0 Å². The number of nitrogens with zero attached hydrogens (tertiary/aromatic N) is 3. The number of amides is 2. The van der Waals surface area contributed by atoms with Crippen molar-refractivity contribution in [3.8, 4) is 0 Å². The minimum atomic E-state index is -0.291. The van der Waals surface area contributed by atoms with E-state index in [2.05, 4.69) is 22.3 Å². The van der Waals surface area contributed by atoms with Gasteiger partial charge in [0.15, 0.2) is 5.69 Å². The lowest BCUT2D eigenvalue weighted by Crippen LogP contribution is -2.56. The number of rotatable bonds is 4. The molecule has 1 N–H and O–H groups in total. The minimum absolute atomic E-state index is 0.0944. The van der Waals surface area contributed by atoms with Crippen molar-refractivity contribution in [2.24, 2.45) is 5.92 Å². The summed E-state index contributed by atoms with van der Waals surface area (Å²) in [5.74, 6) is 0.321. The topological polar surface area (TPSA) is 86.4 Å². The molecule has 0 spiro atoms. The van der Waals surface area contributed by atoms with Crippen molar-refractivity contribution in [3.05, 3.63) is 76.2 Å². The Morgan fingerprint density at radius 2 is 1.73 bits per heavy atom. The number of aryl methyl sites for hydroxylation is 1. The van der Waals surface area contributed by atoms with Crippen molar-refractivity contribution in [1.29, 1.82) is 0 Å². The quantitative estimate of drug-likeness (QED) is 0.670. The maximum Gasteiger partial charge on any atom is 0.275 e. The van der Waals surface area contributed by atoms with E-state index in [1.54, 1.807) is 18.2 Å². The summed E-state index contributed by atoms with van der Waals surface area (Å²) in [5, 5.41) is 7.66. The fourth-order valence-electron chi connectivity index (χ4n) is 5.35. The Labute approximate surface area is 192 Å². The molecule has 2 aromatic carbocycles. The number of carbonyl (C=O) groups excluding carboxylic acids is 2. The van der Waals surface area contributed by atoms with Gasteiger partial charge in [0, 0.05) is 37.5 Å². The molecule has 2 atom stereocenters. The van der Waals surface area contributed by atoms with Crippen LogP contribution < -0.4 is 5.56 Å². The van der Waals surface area contributed by atoms with Gasteiger partial charge in [0.2, 0.25) is 5.91 Å². The highest BCUT2D eigenvalue weighted by molar-refractivity contribution is 6.04. The fraction of sp³-hybridized carbons (Fsp3) is 0.385. The van der Waals surface area contributed by atoms with E-state index in [4.69, 9.17) is 0 Å². The molecule has 2 saturated heterocycles. The maximum atomic E-state index is 13.5. The number of fused-ring (bicyclic) bond motifs is 2. The third kappa shape index (κ3) is 4.27. The minimum Gasteiger partial charge on any atom is -0.342 e. The molecule has 2 aliphatic heterocycles. The highest BCUT2D eigenvalue weighted by Crippen LogP contribution is 2.32. The highest BCUT2D eigenvalue weighted by Gasteiger charge is 2.40. The zero-order valence-electron chi connectivity index (χ0n) is 18.6. The summed E-state index contributed by atoms with van der Waals surface area (Å²) in [5.41, 5.74) is 1.18. The van der Waals surface area contributed by atoms with Gasteiger partial charge in [-0.25, -0.2) is 5.10 Å². The van der Waals surface area contributed by atoms with Crippen LogP contribution in [0.1, 0.15) is 41.7 Å². The first-order valence-corrected chi connectivity index (χ1v) is 11.7. The summed E-state index contributed by atoms with van der Waals surface area (Å²) in [6, 6.07) is 17.3. The van der Waals surface area contributed by atoms with Crippen LogP contribution in [0.15, 0.2) is 59.4 Å². The van der Waals surface area contributed by atoms with Crippen LogP contribution >= 0.6 is 0 Å². The molecule has 2 aliphatic rings. The van der Waals surface area contributed by atoms with Crippen LogP contribution in [0.3, 0.4) is 0 Å². The summed E-state index contributed by atoms with van der Waals surface area (Å²) in [4.78, 5) is 42.4. The molecular weight excluding hydrogens is 416 g/mol. The average molecular weight is 445 g/mol. The van der Waals surface area contributed by atoms with Gasteiger partial charge in [0.05, 0.1) is 5.39 Å². The van der Waals surface area contributed by atoms with Gasteiger partial charge in [-0.2, -0.15) is 5.10 Å². The van der Waals surface area contributed by atoms with Crippen molar-refractivity contribution in [3.63, 3.8) is 0 Å². The summed E-state index contributed by atoms with van der Waals surface area (Å²) in [6.45, 7) is 2.04. The molecule has 7 heteroatoms. The summed E-state index contributed by atoms with van der Waals surface area (Å²) < 4.78 is 0. The Balaban J connectivity index is 1.28. The third-order valence-electron chi connectivity index (χ3n) is 7.05. The lowest BCUT2D eigenvalue weighted by Gasteiger charge is -2.47. The van der Waals surface area contributed by atoms with Crippen LogP contribution in [0.4, 0.5) is 0 Å². The normalized spacial score (nSPS) is 20.5. The molecule has 0 saturated carbocycles. The van der Waals surface area contributed by atoms with Gasteiger partial charge in [-0.3, -0.25) is 14.4 Å². The van der Waals surface area contributed by atoms with Crippen molar-refractivity contribution in [2.45, 2.75) is 38.1 Å². The molecule has 170 valence electrons. The standard InChI is InChI=1S/C26H28N4O3/c31-23(13-12-18-7-2-1-3-8-18)29-16-14-22-19(17-29)9-6-15-30(22)26(33)24-20-10-4-5-11-21(20)25(32)28-27-24/h1-5,7-8,10-11,19,22H,6,9,12-17H2,(H,28,32)/t19-,22-/m1/s1. The van der Waals surface area contributed by atoms with Crippen LogP contribution in [-0.2, 0) is 11.2 Å². The second-order valence-corrected chi connectivity index (χ2v) is 9.03. The van der Waals surface area contributed by atoms with Gasteiger partial charge in [-0.15, -0.1) is 0 Å². The van der Waals surface area contributed by atoms with Gasteiger partial charge < -0.3 is 9.80 Å². The van der Waals surface area contributed by atoms with Crippen molar-refractivity contribution >= 4 is 22.6 Å². The van der Waals surface area contributed by atoms with Crippen LogP contribution in [0.25, 0.3) is 10.8 Å². The zero-order valence-corrected chi connectivity index (χ0v) is 18.6. The Morgan fingerprint density at radius 3 is 2.55 bits per heavy atom. The first-order chi connectivity index (χ1) is 16.1. The monoisotopic (exact) mass is 444 g/mol. The first-order valence-electron chi connectivity index (χ1n) is 11.7. The third-order valence-corrected chi connectivity index (χ3v) is 7.05. The Hall–Kier alpha value is -3.48. The highest BCUT2D eigenvalue weighted by atomic mass is 16.2. The smallest absolute Gasteiger partial charge is 0.275 e. The van der Waals surface area contributed by atoms with E-state index in [0.29, 0.717) is 42.5 Å². The molecule has 3 aromatic rings. The average Bonchev–Trinajstić information content (AvgIpc) is 2.87. The number of hydrogen-bond acceptors (Lipinski definition) is 4. The number of nitrogens with one attached hydrogen (secondary N) is 1. The lowest BCUT2D eigenvalue weighted by molar-refractivity contribution is -0.134. The van der Waals surface area contributed by atoms with Gasteiger partial charge >= 0.3 is 0 Å². The van der Waals surface area contributed by atoms with Crippen LogP contribution in [-0.4, -0.2) is 57.5 Å². The van der Waals surface area contributed by atoms with Crippen molar-refractivity contribution in [2.75, 3.05) is 19.6 Å². The van der Waals surface area contributed by atoms with Crippen molar-refractivity contribution in [1.82, 2.24) is 20.0 Å². The molecule has 5 rings (SSSR count). The van der Waals surface area contributed by atoms with Gasteiger partial charge in [0.25, 0.3) is 11.5 Å². The van der Waals surface area contributed by atoms with Crippen molar-refractivity contribution < 1.29 is 9.59 Å². The Kier molecular flexibility index (Phi) is 5.94. The predicted molar refractivity (Wildman–Crippen MR) is 126 cm³/mol. The number of H-pyrrole nitrogens is 1. The largest absolute Gasteiger partial charge is 0.342 e. The molecule has 2 fully saturated rings. The van der Waals surface area contributed by atoms with Crippen LogP contribution in [0, 0.1) is 5.92 Å². The maximum absolute atomic E-state index is 13.5. The van der Waals surface area contributed by atoms with E-state index in [1.807, 2.05) is 34.1 Å². The Morgan fingerprint density at radius 1 is 0.970 bits per heavy atom. The molecule has 3 heterocycles. The van der Waals surface area contributed by atoms with E-state index < -0.39 is 0 Å². The number of carbonyl (C=O) groups is 2. The van der Waals surface area contributed by atoms with E-state index >= 15 is 0 Å². The SMILES string of the molecule is O=C(CCc1ccccc1)N1CC[C@@H]2[C@H](CCCN2C(=O)c2n[nH]c(=O)c3ccccc23)C1. The van der Waals surface area contributed by atoms with Gasteiger partial charge in [-0.1, -0.05) is 48.5 Å². The number of hydrogen-bond donors (Lipinski definition) is 1. The number of likely N-dealkylation sites (tertiary alicyclic amines) is 2. The fourth-order valence-corrected chi connectivity index (χ4v) is 5.35. The Bertz CT molecular complexity index is 1220. The molecule has 0 radical (unpaired) electrons. The molecule has 7 nitrogen and oxygen atoms in total. The summed E-state index contributed by atoms with van der Waals surface area (Å²) in [6.07, 6.45) is 3.95. The molecule has 33 heavy (non-hydrogen) atoms. The molecule has 0 aliphatic carbocycles. The van der Waals surface area contributed by atoms with Crippen LogP contribution in [0.2, 0.25) is 0 Å². The summed E-state index contributed by atoms with van der Waals surface area (Å²) >= 11 is 0. The second-order valence-electron chi connectivity index (χ2n) is 9.03. The van der Waals surface area contributed by atoms with E-state index in [9.17, 15) is 14.4 Å². The predicted octanol–water partition coefficient (Wildman–Crippen LogP) is 3.01. The zero-order chi connectivity index (χ0) is 22.8. The lowest BCUT2D eigenvalue weighted by atomic mass is 9.83. The number of piperidine rings is 2. The number of aromatic amines is 1. The summed E-state index contributed by atoms with van der Waals surface area (Å²) in [7, 11) is 0. The molecule has 0 bridgehead atoms. The molecule has 0 unspecified atom stereocenters. The van der Waals surface area contributed by atoms with Gasteiger partial charge in [-0.05, 0) is 43.2 Å². The first kappa shape index (κ1) is 21.4. The number of aromatic nitrogens is 2. The van der Waals surface area contributed by atoms with E-state index in [0.717, 1.165) is 25.7 Å². The van der Waals surface area contributed by atoms with Gasteiger partial charge in [0.1, 0.15) is 0 Å². The molecular formula is C26H28N4O3.